The first-order chi connectivity index (χ1) is 3.81. The van der Waals surface area contributed by atoms with Gasteiger partial charge in [0.15, 0.2) is 0 Å². The minimum absolute atomic E-state index is 0.720. The molecule has 1 spiro atoms. The molecule has 0 radical (unpaired) electrons. The zero-order chi connectivity index (χ0) is 5.61. The number of nitrogens with one attached hydrogen (secondary N) is 1. The van der Waals surface area contributed by atoms with E-state index in [1.54, 1.807) is 0 Å². The second-order valence-electron chi connectivity index (χ2n) is 3.17. The van der Waals surface area contributed by atoms with Gasteiger partial charge < -0.3 is 5.32 Å². The Hall–Kier alpha value is 0.310. The summed E-state index contributed by atoms with van der Waals surface area (Å²) in [5.41, 5.74) is 0.729. The summed E-state index contributed by atoms with van der Waals surface area (Å²) in [5, 5.41) is 4.01. The van der Waals surface area contributed by atoms with Gasteiger partial charge in [-0.1, -0.05) is 0 Å². The topological polar surface area (TPSA) is 12.0 Å². The third-order valence-corrected chi connectivity index (χ3v) is 2.70. The number of hydrogen-bond donors (Lipinski definition) is 2. The molecule has 1 saturated heterocycles. The Labute approximate surface area is 55.3 Å². The standard InChI is InChI=1S/C6H11NS/c8-5-1-6(2-5)3-7-4-6/h5,7-8H,1-4H2. The zero-order valence-corrected chi connectivity index (χ0v) is 5.75. The highest BCUT2D eigenvalue weighted by molar-refractivity contribution is 7.81. The van der Waals surface area contributed by atoms with Gasteiger partial charge in [0.2, 0.25) is 0 Å². The third-order valence-electron chi connectivity index (χ3n) is 2.34. The van der Waals surface area contributed by atoms with Crippen LogP contribution in [0, 0.1) is 5.41 Å². The Morgan fingerprint density at radius 1 is 1.38 bits per heavy atom. The summed E-state index contributed by atoms with van der Waals surface area (Å²) in [4.78, 5) is 0. The smallest absolute Gasteiger partial charge is 0.00292 e. The van der Waals surface area contributed by atoms with E-state index in [2.05, 4.69) is 17.9 Å². The molecule has 1 N–H and O–H groups in total. The molecule has 0 aromatic carbocycles. The van der Waals surface area contributed by atoms with E-state index in [1.165, 1.54) is 25.9 Å². The van der Waals surface area contributed by atoms with E-state index in [1.807, 2.05) is 0 Å². The molecule has 0 atom stereocenters. The normalized spacial score (nSPS) is 34.1. The van der Waals surface area contributed by atoms with E-state index in [4.69, 9.17) is 0 Å². The summed E-state index contributed by atoms with van der Waals surface area (Å²) >= 11 is 4.36. The molecule has 0 unspecified atom stereocenters. The first-order valence-electron chi connectivity index (χ1n) is 3.20. The molecule has 2 fully saturated rings. The predicted octanol–water partition coefficient (Wildman–Crippen LogP) is 0.668. The van der Waals surface area contributed by atoms with Crippen LogP contribution < -0.4 is 5.32 Å². The molecule has 1 heterocycles. The van der Waals surface area contributed by atoms with Crippen LogP contribution in [0.15, 0.2) is 0 Å². The molecular formula is C6H11NS. The maximum absolute atomic E-state index is 4.36. The lowest BCUT2D eigenvalue weighted by Crippen LogP contribution is -2.60. The SMILES string of the molecule is SC1CC2(CNC2)C1. The molecule has 1 nitrogen and oxygen atoms in total. The quantitative estimate of drug-likeness (QED) is 0.458. The van der Waals surface area contributed by atoms with Crippen molar-refractivity contribution in [3.8, 4) is 0 Å². The van der Waals surface area contributed by atoms with Crippen molar-refractivity contribution in [3.63, 3.8) is 0 Å². The predicted molar refractivity (Wildman–Crippen MR) is 37.3 cm³/mol. The van der Waals surface area contributed by atoms with E-state index in [-0.39, 0.29) is 0 Å². The average molecular weight is 129 g/mol. The van der Waals surface area contributed by atoms with Crippen LogP contribution in [0.3, 0.4) is 0 Å². The lowest BCUT2D eigenvalue weighted by molar-refractivity contribution is 0.0682. The summed E-state index contributed by atoms with van der Waals surface area (Å²) in [6, 6.07) is 0. The summed E-state index contributed by atoms with van der Waals surface area (Å²) in [6.45, 7) is 2.51. The van der Waals surface area contributed by atoms with Crippen LogP contribution in [0.2, 0.25) is 0 Å². The van der Waals surface area contributed by atoms with Crippen molar-refractivity contribution in [1.29, 1.82) is 0 Å². The summed E-state index contributed by atoms with van der Waals surface area (Å²) in [6.07, 6.45) is 2.70. The van der Waals surface area contributed by atoms with Crippen molar-refractivity contribution >= 4 is 12.6 Å². The monoisotopic (exact) mass is 129 g/mol. The van der Waals surface area contributed by atoms with E-state index >= 15 is 0 Å². The van der Waals surface area contributed by atoms with Crippen molar-refractivity contribution in [1.82, 2.24) is 5.32 Å². The largest absolute Gasteiger partial charge is 0.316 e. The molecule has 1 aliphatic heterocycles. The molecule has 0 amide bonds. The van der Waals surface area contributed by atoms with Gasteiger partial charge >= 0.3 is 0 Å². The summed E-state index contributed by atoms with van der Waals surface area (Å²) in [7, 11) is 0. The van der Waals surface area contributed by atoms with Gasteiger partial charge in [-0.05, 0) is 18.3 Å². The lowest BCUT2D eigenvalue weighted by Gasteiger charge is -2.53. The molecule has 0 aromatic rings. The van der Waals surface area contributed by atoms with Gasteiger partial charge in [-0.15, -0.1) is 0 Å². The fourth-order valence-corrected chi connectivity index (χ4v) is 2.48. The molecular weight excluding hydrogens is 118 g/mol. The first-order valence-corrected chi connectivity index (χ1v) is 3.71. The van der Waals surface area contributed by atoms with Crippen molar-refractivity contribution in [2.45, 2.75) is 18.1 Å². The van der Waals surface area contributed by atoms with Gasteiger partial charge in [0.25, 0.3) is 0 Å². The van der Waals surface area contributed by atoms with Gasteiger partial charge in [-0.3, -0.25) is 0 Å². The van der Waals surface area contributed by atoms with Crippen LogP contribution in [-0.2, 0) is 0 Å². The molecule has 8 heavy (non-hydrogen) atoms. The maximum Gasteiger partial charge on any atom is 0.00292 e. The molecule has 2 rings (SSSR count). The molecule has 46 valence electrons. The highest BCUT2D eigenvalue weighted by Gasteiger charge is 2.46. The van der Waals surface area contributed by atoms with Crippen molar-refractivity contribution in [3.05, 3.63) is 0 Å². The third kappa shape index (κ3) is 0.531. The minimum Gasteiger partial charge on any atom is -0.316 e. The molecule has 2 aliphatic rings. The van der Waals surface area contributed by atoms with E-state index in [9.17, 15) is 0 Å². The Morgan fingerprint density at radius 3 is 2.12 bits per heavy atom. The van der Waals surface area contributed by atoms with Gasteiger partial charge in [0.1, 0.15) is 0 Å². The minimum atomic E-state index is 0.720. The highest BCUT2D eigenvalue weighted by Crippen LogP contribution is 2.46. The average Bonchev–Trinajstić information content (AvgIpc) is 1.51. The Bertz CT molecular complexity index is 101. The Morgan fingerprint density at radius 2 is 2.00 bits per heavy atom. The van der Waals surface area contributed by atoms with E-state index in [0.29, 0.717) is 0 Å². The van der Waals surface area contributed by atoms with Crippen LogP contribution in [0.5, 0.6) is 0 Å². The first kappa shape index (κ1) is 5.12. The number of hydrogen-bond acceptors (Lipinski definition) is 2. The van der Waals surface area contributed by atoms with Crippen LogP contribution >= 0.6 is 12.6 Å². The molecule has 1 aliphatic carbocycles. The van der Waals surface area contributed by atoms with Gasteiger partial charge in [-0.25, -0.2) is 0 Å². The van der Waals surface area contributed by atoms with Crippen molar-refractivity contribution in [2.75, 3.05) is 13.1 Å². The molecule has 1 saturated carbocycles. The van der Waals surface area contributed by atoms with Crippen LogP contribution in [0.25, 0.3) is 0 Å². The van der Waals surface area contributed by atoms with Gasteiger partial charge in [0, 0.05) is 18.3 Å². The maximum atomic E-state index is 4.36. The second kappa shape index (κ2) is 1.42. The van der Waals surface area contributed by atoms with E-state index < -0.39 is 0 Å². The summed E-state index contributed by atoms with van der Waals surface area (Å²) < 4.78 is 0. The Kier molecular flexibility index (Phi) is 0.910. The zero-order valence-electron chi connectivity index (χ0n) is 4.85. The number of rotatable bonds is 0. The van der Waals surface area contributed by atoms with Gasteiger partial charge in [0.05, 0.1) is 0 Å². The van der Waals surface area contributed by atoms with Crippen LogP contribution in [0.4, 0.5) is 0 Å². The summed E-state index contributed by atoms with van der Waals surface area (Å²) in [5.74, 6) is 0. The second-order valence-corrected chi connectivity index (χ2v) is 3.90. The van der Waals surface area contributed by atoms with Crippen LogP contribution in [-0.4, -0.2) is 18.3 Å². The molecule has 0 bridgehead atoms. The fraction of sp³-hybridized carbons (Fsp3) is 1.00. The van der Waals surface area contributed by atoms with E-state index in [0.717, 1.165) is 10.7 Å². The van der Waals surface area contributed by atoms with Gasteiger partial charge in [-0.2, -0.15) is 12.6 Å². The number of thiol groups is 1. The fourth-order valence-electron chi connectivity index (χ4n) is 1.71. The Balaban J connectivity index is 1.92. The highest BCUT2D eigenvalue weighted by atomic mass is 32.1. The van der Waals surface area contributed by atoms with Crippen molar-refractivity contribution in [2.24, 2.45) is 5.41 Å². The molecule has 2 heteroatoms. The lowest BCUT2D eigenvalue weighted by atomic mass is 9.64. The molecule has 0 aromatic heterocycles. The van der Waals surface area contributed by atoms with Crippen LogP contribution in [0.1, 0.15) is 12.8 Å². The van der Waals surface area contributed by atoms with Crippen molar-refractivity contribution < 1.29 is 0 Å².